The van der Waals surface area contributed by atoms with E-state index in [2.05, 4.69) is 19.2 Å². The van der Waals surface area contributed by atoms with Gasteiger partial charge in [-0.1, -0.05) is 88.1 Å². The molecule has 1 aliphatic heterocycles. The molecule has 3 amide bonds. The quantitative estimate of drug-likeness (QED) is 0.111. The summed E-state index contributed by atoms with van der Waals surface area (Å²) in [6.45, 7) is 4.11. The number of hydrogen-bond donors (Lipinski definition) is 2. The summed E-state index contributed by atoms with van der Waals surface area (Å²) in [5.74, 6) is -2.52. The number of benzene rings is 2. The summed E-state index contributed by atoms with van der Waals surface area (Å²) < 4.78 is 19.8. The van der Waals surface area contributed by atoms with Gasteiger partial charge in [0.25, 0.3) is 0 Å². The number of rotatable bonds is 19. The minimum Gasteiger partial charge on any atom is -0.456 e. The molecule has 2 aromatic rings. The molecule has 0 radical (unpaired) electrons. The van der Waals surface area contributed by atoms with Crippen LogP contribution in [-0.4, -0.2) is 103 Å². The third kappa shape index (κ3) is 11.3. The number of ether oxygens (including phenoxy) is 3. The standard InChI is InChI=1S/C42H57N3O8/c1-6-8-15-23-42(24-16-9-7-2)52-36-29-32(40(49)45(5)34(39(48)43-25-26-46)27-30-17-11-10-12-18-30)28-35(38(36)53-42)51-41(50)33-20-14-13-19-31(33)21-22-37(47)44(3)4/h10-14,17-22,29,34-36,38,46H,6-9,15-16,23-28H2,1-5H3,(H,43,48)/t34-,35-,36-,38+/m1/s1. The van der Waals surface area contributed by atoms with E-state index in [1.807, 2.05) is 30.3 Å². The first kappa shape index (κ1) is 41.4. The fraction of sp³-hybridized carbons (Fsp3) is 0.524. The highest BCUT2D eigenvalue weighted by atomic mass is 16.8. The van der Waals surface area contributed by atoms with Crippen molar-refractivity contribution in [1.82, 2.24) is 15.1 Å². The van der Waals surface area contributed by atoms with Crippen molar-refractivity contribution in [2.45, 2.75) is 108 Å². The van der Waals surface area contributed by atoms with Gasteiger partial charge in [-0.05, 0) is 42.2 Å². The molecular weight excluding hydrogens is 674 g/mol. The van der Waals surface area contributed by atoms with Crippen LogP contribution in [0.3, 0.4) is 0 Å². The Bertz CT molecular complexity index is 1580. The van der Waals surface area contributed by atoms with Crippen LogP contribution in [-0.2, 0) is 35.0 Å². The SMILES string of the molecule is CCCCCC1(CCCCC)O[C@@H]2[C@@H](C=C(C(=O)N(C)[C@H](Cc3ccccc3)C(=O)NCCO)C[C@H]2OC(=O)c2ccccc2C=CC(=O)N(C)C)O1. The molecule has 11 nitrogen and oxygen atoms in total. The molecule has 0 aromatic heterocycles. The smallest absolute Gasteiger partial charge is 0.339 e. The van der Waals surface area contributed by atoms with Gasteiger partial charge in [-0.15, -0.1) is 0 Å². The second kappa shape index (κ2) is 20.2. The van der Waals surface area contributed by atoms with Crippen molar-refractivity contribution in [3.05, 3.63) is 89.0 Å². The average Bonchev–Trinajstić information content (AvgIpc) is 3.53. The van der Waals surface area contributed by atoms with Crippen molar-refractivity contribution in [1.29, 1.82) is 0 Å². The summed E-state index contributed by atoms with van der Waals surface area (Å²) in [5.41, 5.74) is 2.01. The molecule has 4 rings (SSSR count). The topological polar surface area (TPSA) is 135 Å². The number of esters is 1. The number of carbonyl (C=O) groups excluding carboxylic acids is 4. The van der Waals surface area contributed by atoms with Crippen molar-refractivity contribution in [2.24, 2.45) is 0 Å². The van der Waals surface area contributed by atoms with Crippen LogP contribution in [0.5, 0.6) is 0 Å². The van der Waals surface area contributed by atoms with Crippen molar-refractivity contribution in [3.8, 4) is 0 Å². The molecule has 0 spiro atoms. The van der Waals surface area contributed by atoms with Crippen LogP contribution in [0.4, 0.5) is 0 Å². The maximum atomic E-state index is 14.4. The van der Waals surface area contributed by atoms with Crippen molar-refractivity contribution < 1.29 is 38.5 Å². The summed E-state index contributed by atoms with van der Waals surface area (Å²) in [7, 11) is 4.89. The van der Waals surface area contributed by atoms with Crippen LogP contribution in [0.1, 0.15) is 93.1 Å². The van der Waals surface area contributed by atoms with Gasteiger partial charge in [0.2, 0.25) is 17.7 Å². The number of carbonyl (C=O) groups is 4. The van der Waals surface area contributed by atoms with Crippen molar-refractivity contribution >= 4 is 29.8 Å². The number of unbranched alkanes of at least 4 members (excludes halogenated alkanes) is 4. The molecule has 288 valence electrons. The lowest BCUT2D eigenvalue weighted by molar-refractivity contribution is -0.190. The molecule has 53 heavy (non-hydrogen) atoms. The molecule has 0 unspecified atom stereocenters. The van der Waals surface area contributed by atoms with E-state index in [1.54, 1.807) is 57.6 Å². The molecule has 11 heteroatoms. The number of nitrogens with zero attached hydrogens (tertiary/aromatic N) is 2. The molecule has 2 aromatic carbocycles. The Morgan fingerprint density at radius 3 is 2.25 bits per heavy atom. The second-order valence-corrected chi connectivity index (χ2v) is 14.1. The molecule has 2 N–H and O–H groups in total. The lowest BCUT2D eigenvalue weighted by Crippen LogP contribution is -2.51. The van der Waals surface area contributed by atoms with E-state index in [-0.39, 0.29) is 43.4 Å². The minimum atomic E-state index is -0.890. The summed E-state index contributed by atoms with van der Waals surface area (Å²) in [6, 6.07) is 15.4. The fourth-order valence-corrected chi connectivity index (χ4v) is 6.84. The zero-order chi connectivity index (χ0) is 38.4. The third-order valence-electron chi connectivity index (χ3n) is 9.83. The van der Waals surface area contributed by atoms with Gasteiger partial charge < -0.3 is 34.4 Å². The molecule has 1 heterocycles. The zero-order valence-corrected chi connectivity index (χ0v) is 31.9. The van der Waals surface area contributed by atoms with Crippen molar-refractivity contribution in [3.63, 3.8) is 0 Å². The summed E-state index contributed by atoms with van der Waals surface area (Å²) in [6.07, 6.45) is 10.1. The van der Waals surface area contributed by atoms with Crippen LogP contribution in [0.25, 0.3) is 6.08 Å². The first-order chi connectivity index (χ1) is 25.5. The molecule has 0 saturated carbocycles. The molecule has 0 bridgehead atoms. The largest absolute Gasteiger partial charge is 0.456 e. The van der Waals surface area contributed by atoms with Crippen LogP contribution < -0.4 is 5.32 Å². The zero-order valence-electron chi connectivity index (χ0n) is 31.9. The van der Waals surface area contributed by atoms with Gasteiger partial charge in [0, 0.05) is 65.0 Å². The van der Waals surface area contributed by atoms with Gasteiger partial charge in [-0.25, -0.2) is 4.79 Å². The Labute approximate surface area is 314 Å². The Morgan fingerprint density at radius 1 is 0.943 bits per heavy atom. The molecule has 2 aliphatic rings. The Balaban J connectivity index is 1.68. The number of amides is 3. The van der Waals surface area contributed by atoms with Gasteiger partial charge in [-0.3, -0.25) is 14.4 Å². The monoisotopic (exact) mass is 731 g/mol. The Morgan fingerprint density at radius 2 is 1.60 bits per heavy atom. The van der Waals surface area contributed by atoms with E-state index in [9.17, 15) is 24.3 Å². The predicted octanol–water partition coefficient (Wildman–Crippen LogP) is 5.46. The molecule has 1 aliphatic carbocycles. The lowest BCUT2D eigenvalue weighted by atomic mass is 9.90. The van der Waals surface area contributed by atoms with E-state index >= 15 is 0 Å². The number of hydrogen-bond acceptors (Lipinski definition) is 8. The summed E-state index contributed by atoms with van der Waals surface area (Å²) >= 11 is 0. The number of likely N-dealkylation sites (N-methyl/N-ethyl adjacent to an activating group) is 2. The predicted molar refractivity (Wildman–Crippen MR) is 204 cm³/mol. The highest BCUT2D eigenvalue weighted by Crippen LogP contribution is 2.43. The Kier molecular flexibility index (Phi) is 15.8. The van der Waals surface area contributed by atoms with E-state index in [1.165, 1.54) is 15.9 Å². The lowest BCUT2D eigenvalue weighted by Gasteiger charge is -2.33. The average molecular weight is 732 g/mol. The van der Waals surface area contributed by atoms with E-state index in [0.717, 1.165) is 44.1 Å². The van der Waals surface area contributed by atoms with Crippen LogP contribution in [0.15, 0.2) is 72.3 Å². The maximum absolute atomic E-state index is 14.4. The minimum absolute atomic E-state index is 0.0485. The first-order valence-corrected chi connectivity index (χ1v) is 19.0. The maximum Gasteiger partial charge on any atom is 0.339 e. The summed E-state index contributed by atoms with van der Waals surface area (Å²) in [5, 5.41) is 12.1. The molecule has 1 saturated heterocycles. The first-order valence-electron chi connectivity index (χ1n) is 19.0. The van der Waals surface area contributed by atoms with E-state index in [0.29, 0.717) is 24.0 Å². The molecular formula is C42H57N3O8. The molecule has 1 fully saturated rings. The van der Waals surface area contributed by atoms with Crippen LogP contribution >= 0.6 is 0 Å². The number of aliphatic hydroxyl groups is 1. The van der Waals surface area contributed by atoms with E-state index < -0.39 is 42.0 Å². The van der Waals surface area contributed by atoms with Gasteiger partial charge in [0.15, 0.2) is 5.79 Å². The number of fused-ring (bicyclic) bond motifs is 1. The molecule has 4 atom stereocenters. The van der Waals surface area contributed by atoms with Crippen LogP contribution in [0, 0.1) is 0 Å². The van der Waals surface area contributed by atoms with Gasteiger partial charge in [0.05, 0.1) is 12.2 Å². The van der Waals surface area contributed by atoms with Gasteiger partial charge in [0.1, 0.15) is 24.4 Å². The van der Waals surface area contributed by atoms with Crippen molar-refractivity contribution in [2.75, 3.05) is 34.3 Å². The highest BCUT2D eigenvalue weighted by Gasteiger charge is 2.52. The second-order valence-electron chi connectivity index (χ2n) is 14.1. The normalized spacial score (nSPS) is 19.6. The fourth-order valence-electron chi connectivity index (χ4n) is 6.84. The number of aliphatic hydroxyl groups excluding tert-OH is 1. The highest BCUT2D eigenvalue weighted by molar-refractivity contribution is 5.98. The van der Waals surface area contributed by atoms with E-state index in [4.69, 9.17) is 14.2 Å². The number of nitrogens with one attached hydrogen (secondary N) is 1. The Hall–Kier alpha value is -4.32. The third-order valence-corrected chi connectivity index (χ3v) is 9.83. The van der Waals surface area contributed by atoms with Gasteiger partial charge >= 0.3 is 5.97 Å². The van der Waals surface area contributed by atoms with Crippen LogP contribution in [0.2, 0.25) is 0 Å². The summed E-state index contributed by atoms with van der Waals surface area (Å²) in [4.78, 5) is 56.9. The van der Waals surface area contributed by atoms with Gasteiger partial charge in [-0.2, -0.15) is 0 Å².